The zero-order valence-corrected chi connectivity index (χ0v) is 10.7. The molecule has 0 aliphatic carbocycles. The van der Waals surface area contributed by atoms with Crippen LogP contribution in [0.5, 0.6) is 0 Å². The number of rotatable bonds is 5. The van der Waals surface area contributed by atoms with Crippen LogP contribution in [0.2, 0.25) is 0 Å². The number of hydrogen-bond donors (Lipinski definition) is 2. The molecule has 2 rings (SSSR count). The molecule has 0 aliphatic rings. The highest BCUT2D eigenvalue weighted by Crippen LogP contribution is 2.11. The summed E-state index contributed by atoms with van der Waals surface area (Å²) >= 11 is 1.38. The number of carbonyl (C=O) groups is 1. The number of nitrogens with one attached hydrogen (secondary N) is 1. The van der Waals surface area contributed by atoms with Crippen LogP contribution < -0.4 is 11.1 Å². The molecule has 0 aliphatic heterocycles. The third-order valence-corrected chi connectivity index (χ3v) is 3.27. The second-order valence-corrected chi connectivity index (χ2v) is 4.85. The van der Waals surface area contributed by atoms with Gasteiger partial charge in [-0.15, -0.1) is 11.3 Å². The Kier molecular flexibility index (Phi) is 4.44. The number of nitrogens with two attached hydrogens (primary N) is 1. The fourth-order valence-corrected chi connectivity index (χ4v) is 2.11. The van der Waals surface area contributed by atoms with Gasteiger partial charge in [-0.25, -0.2) is 4.98 Å². The standard InChI is InChI=1S/C13H15N3OS/c14-11(7-6-10-4-2-1-3-5-10)12(17)16-13-15-8-9-18-13/h1-5,8-9,11H,6-7,14H2,(H,15,16,17)/t11-/m0/s1. The fourth-order valence-electron chi connectivity index (χ4n) is 1.58. The molecule has 0 saturated heterocycles. The molecule has 0 bridgehead atoms. The molecule has 1 amide bonds. The van der Waals surface area contributed by atoms with E-state index in [9.17, 15) is 4.79 Å². The monoisotopic (exact) mass is 261 g/mol. The Hall–Kier alpha value is -1.72. The van der Waals surface area contributed by atoms with E-state index in [0.717, 1.165) is 6.42 Å². The predicted octanol–water partition coefficient (Wildman–Crippen LogP) is 2.04. The van der Waals surface area contributed by atoms with Gasteiger partial charge in [-0.2, -0.15) is 0 Å². The number of hydrogen-bond acceptors (Lipinski definition) is 4. The second kappa shape index (κ2) is 6.28. The molecule has 18 heavy (non-hydrogen) atoms. The largest absolute Gasteiger partial charge is 0.320 e. The van der Waals surface area contributed by atoms with Gasteiger partial charge in [0.25, 0.3) is 0 Å². The Balaban J connectivity index is 1.81. The van der Waals surface area contributed by atoms with Gasteiger partial charge in [0.15, 0.2) is 5.13 Å². The fraction of sp³-hybridized carbons (Fsp3) is 0.231. The average molecular weight is 261 g/mol. The zero-order valence-electron chi connectivity index (χ0n) is 9.87. The third kappa shape index (κ3) is 3.65. The lowest BCUT2D eigenvalue weighted by molar-refractivity contribution is -0.117. The van der Waals surface area contributed by atoms with Crippen molar-refractivity contribution in [1.82, 2.24) is 4.98 Å². The van der Waals surface area contributed by atoms with Crippen LogP contribution >= 0.6 is 11.3 Å². The number of nitrogens with zero attached hydrogens (tertiary/aromatic N) is 1. The van der Waals surface area contributed by atoms with E-state index in [2.05, 4.69) is 10.3 Å². The quantitative estimate of drug-likeness (QED) is 0.865. The van der Waals surface area contributed by atoms with Gasteiger partial charge in [0.05, 0.1) is 6.04 Å². The van der Waals surface area contributed by atoms with Gasteiger partial charge in [0.1, 0.15) is 0 Å². The Bertz CT molecular complexity index is 484. The summed E-state index contributed by atoms with van der Waals surface area (Å²) in [5.74, 6) is -0.180. The van der Waals surface area contributed by atoms with Crippen molar-refractivity contribution < 1.29 is 4.79 Å². The van der Waals surface area contributed by atoms with Crippen molar-refractivity contribution in [2.24, 2.45) is 5.73 Å². The molecule has 1 aromatic carbocycles. The smallest absolute Gasteiger partial charge is 0.243 e. The minimum absolute atomic E-state index is 0.180. The third-order valence-electron chi connectivity index (χ3n) is 2.59. The van der Waals surface area contributed by atoms with Gasteiger partial charge in [0, 0.05) is 11.6 Å². The summed E-state index contributed by atoms with van der Waals surface area (Å²) in [4.78, 5) is 15.8. The van der Waals surface area contributed by atoms with Crippen LogP contribution in [0, 0.1) is 0 Å². The lowest BCUT2D eigenvalue weighted by Crippen LogP contribution is -2.35. The highest BCUT2D eigenvalue weighted by molar-refractivity contribution is 7.13. The van der Waals surface area contributed by atoms with Crippen molar-refractivity contribution in [2.75, 3.05) is 5.32 Å². The summed E-state index contributed by atoms with van der Waals surface area (Å²) in [7, 11) is 0. The molecule has 1 atom stereocenters. The molecule has 0 fully saturated rings. The van der Waals surface area contributed by atoms with Gasteiger partial charge in [-0.05, 0) is 18.4 Å². The van der Waals surface area contributed by atoms with E-state index >= 15 is 0 Å². The van der Waals surface area contributed by atoms with E-state index in [1.54, 1.807) is 6.20 Å². The molecule has 1 aromatic heterocycles. The van der Waals surface area contributed by atoms with E-state index in [4.69, 9.17) is 5.73 Å². The predicted molar refractivity (Wildman–Crippen MR) is 73.5 cm³/mol. The summed E-state index contributed by atoms with van der Waals surface area (Å²) in [6.07, 6.45) is 3.07. The van der Waals surface area contributed by atoms with Crippen LogP contribution in [0.25, 0.3) is 0 Å². The van der Waals surface area contributed by atoms with Crippen LogP contribution in [-0.2, 0) is 11.2 Å². The van der Waals surface area contributed by atoms with Crippen molar-refractivity contribution in [3.63, 3.8) is 0 Å². The summed E-state index contributed by atoms with van der Waals surface area (Å²) in [6.45, 7) is 0. The van der Waals surface area contributed by atoms with Crippen molar-refractivity contribution in [2.45, 2.75) is 18.9 Å². The molecule has 3 N–H and O–H groups in total. The number of benzene rings is 1. The van der Waals surface area contributed by atoms with Crippen molar-refractivity contribution in [3.05, 3.63) is 47.5 Å². The minimum Gasteiger partial charge on any atom is -0.320 e. The maximum Gasteiger partial charge on any atom is 0.243 e. The van der Waals surface area contributed by atoms with Gasteiger partial charge in [-0.1, -0.05) is 30.3 Å². The SMILES string of the molecule is N[C@@H](CCc1ccccc1)C(=O)Nc1nccs1. The summed E-state index contributed by atoms with van der Waals surface area (Å²) in [5, 5.41) is 5.10. The highest BCUT2D eigenvalue weighted by Gasteiger charge is 2.14. The minimum atomic E-state index is -0.505. The van der Waals surface area contributed by atoms with E-state index in [1.165, 1.54) is 16.9 Å². The molecule has 0 radical (unpaired) electrons. The number of carbonyl (C=O) groups excluding carboxylic acids is 1. The van der Waals surface area contributed by atoms with Crippen LogP contribution in [-0.4, -0.2) is 16.9 Å². The molecular formula is C13H15N3OS. The molecule has 94 valence electrons. The molecular weight excluding hydrogens is 246 g/mol. The van der Waals surface area contributed by atoms with Crippen molar-refractivity contribution >= 4 is 22.4 Å². The lowest BCUT2D eigenvalue weighted by Gasteiger charge is -2.10. The van der Waals surface area contributed by atoms with E-state index in [0.29, 0.717) is 11.6 Å². The Labute approximate surface area is 110 Å². The normalized spacial score (nSPS) is 12.1. The maximum atomic E-state index is 11.8. The van der Waals surface area contributed by atoms with Crippen LogP contribution in [0.4, 0.5) is 5.13 Å². The number of aryl methyl sites for hydroxylation is 1. The van der Waals surface area contributed by atoms with Crippen molar-refractivity contribution in [3.8, 4) is 0 Å². The van der Waals surface area contributed by atoms with E-state index in [1.807, 2.05) is 35.7 Å². The number of amides is 1. The molecule has 1 heterocycles. The van der Waals surface area contributed by atoms with Gasteiger partial charge < -0.3 is 11.1 Å². The lowest BCUT2D eigenvalue weighted by atomic mass is 10.1. The second-order valence-electron chi connectivity index (χ2n) is 3.96. The summed E-state index contributed by atoms with van der Waals surface area (Å²) < 4.78 is 0. The van der Waals surface area contributed by atoms with Gasteiger partial charge >= 0.3 is 0 Å². The Morgan fingerprint density at radius 2 is 2.17 bits per heavy atom. The molecule has 5 heteroatoms. The topological polar surface area (TPSA) is 68.0 Å². The molecule has 4 nitrogen and oxygen atoms in total. The summed E-state index contributed by atoms with van der Waals surface area (Å²) in [6, 6.07) is 9.50. The van der Waals surface area contributed by atoms with E-state index < -0.39 is 6.04 Å². The number of anilines is 1. The highest BCUT2D eigenvalue weighted by atomic mass is 32.1. The molecule has 0 saturated carbocycles. The van der Waals surface area contributed by atoms with Crippen LogP contribution in [0.1, 0.15) is 12.0 Å². The average Bonchev–Trinajstić information content (AvgIpc) is 2.90. The zero-order chi connectivity index (χ0) is 12.8. The molecule has 0 spiro atoms. The first-order valence-corrected chi connectivity index (χ1v) is 6.63. The first-order chi connectivity index (χ1) is 8.75. The van der Waals surface area contributed by atoms with Crippen molar-refractivity contribution in [1.29, 1.82) is 0 Å². The van der Waals surface area contributed by atoms with Crippen LogP contribution in [0.3, 0.4) is 0 Å². The maximum absolute atomic E-state index is 11.8. The summed E-state index contributed by atoms with van der Waals surface area (Å²) in [5.41, 5.74) is 7.04. The number of aromatic nitrogens is 1. The Morgan fingerprint density at radius 1 is 1.39 bits per heavy atom. The molecule has 2 aromatic rings. The molecule has 0 unspecified atom stereocenters. The van der Waals surface area contributed by atoms with Gasteiger partial charge in [-0.3, -0.25) is 4.79 Å². The first kappa shape index (κ1) is 12.7. The number of thiazole rings is 1. The Morgan fingerprint density at radius 3 is 2.83 bits per heavy atom. The van der Waals surface area contributed by atoms with E-state index in [-0.39, 0.29) is 5.91 Å². The van der Waals surface area contributed by atoms with Gasteiger partial charge in [0.2, 0.25) is 5.91 Å². The van der Waals surface area contributed by atoms with Crippen LogP contribution in [0.15, 0.2) is 41.9 Å². The first-order valence-electron chi connectivity index (χ1n) is 5.75.